The van der Waals surface area contributed by atoms with Crippen molar-refractivity contribution in [1.29, 1.82) is 0 Å². The third kappa shape index (κ3) is 4.01. The molecule has 0 aliphatic carbocycles. The molecule has 1 heterocycles. The summed E-state index contributed by atoms with van der Waals surface area (Å²) in [6.07, 6.45) is 0. The molecule has 1 aromatic carbocycles. The topological polar surface area (TPSA) is 92.5 Å². The van der Waals surface area contributed by atoms with E-state index in [1.807, 2.05) is 0 Å². The van der Waals surface area contributed by atoms with Crippen LogP contribution in [0.1, 0.15) is 34.3 Å². The molecule has 130 valence electrons. The maximum absolute atomic E-state index is 12.7. The zero-order valence-corrected chi connectivity index (χ0v) is 15.0. The first kappa shape index (κ1) is 18.2. The average Bonchev–Trinajstić information content (AvgIpc) is 2.91. The number of aryl methyl sites for hydroxylation is 2. The van der Waals surface area contributed by atoms with Gasteiger partial charge in [0.05, 0.1) is 11.4 Å². The summed E-state index contributed by atoms with van der Waals surface area (Å²) in [5.74, 6) is 0.391. The molecule has 7 nitrogen and oxygen atoms in total. The highest BCUT2D eigenvalue weighted by Crippen LogP contribution is 2.18. The summed E-state index contributed by atoms with van der Waals surface area (Å²) in [5.41, 5.74) is 1.69. The predicted molar refractivity (Wildman–Crippen MR) is 89.1 cm³/mol. The van der Waals surface area contributed by atoms with E-state index in [0.29, 0.717) is 22.6 Å². The second-order valence-electron chi connectivity index (χ2n) is 5.57. The molecule has 0 aliphatic rings. The van der Waals surface area contributed by atoms with Gasteiger partial charge in [0, 0.05) is 25.2 Å². The predicted octanol–water partition coefficient (Wildman–Crippen LogP) is 1.86. The Morgan fingerprint density at radius 3 is 2.58 bits per heavy atom. The minimum absolute atomic E-state index is 0.0731. The summed E-state index contributed by atoms with van der Waals surface area (Å²) >= 11 is 0. The van der Waals surface area contributed by atoms with Gasteiger partial charge in [-0.1, -0.05) is 18.1 Å². The number of carbonyl (C=O) groups excluding carboxylic acids is 1. The first-order chi connectivity index (χ1) is 11.2. The van der Waals surface area contributed by atoms with Crippen molar-refractivity contribution in [3.8, 4) is 0 Å². The number of amides is 1. The van der Waals surface area contributed by atoms with Gasteiger partial charge in [-0.25, -0.2) is 13.1 Å². The van der Waals surface area contributed by atoms with Gasteiger partial charge in [-0.3, -0.25) is 4.79 Å². The molecule has 0 saturated carbocycles. The summed E-state index contributed by atoms with van der Waals surface area (Å²) < 4.78 is 31.7. The number of sulfonamides is 1. The van der Waals surface area contributed by atoms with E-state index in [1.165, 1.54) is 17.0 Å². The van der Waals surface area contributed by atoms with E-state index in [2.05, 4.69) is 9.88 Å². The number of benzene rings is 1. The Labute approximate surface area is 141 Å². The molecule has 0 bridgehead atoms. The van der Waals surface area contributed by atoms with Crippen LogP contribution in [0.4, 0.5) is 0 Å². The van der Waals surface area contributed by atoms with Crippen LogP contribution >= 0.6 is 0 Å². The summed E-state index contributed by atoms with van der Waals surface area (Å²) in [6, 6.07) is 6.28. The van der Waals surface area contributed by atoms with E-state index in [9.17, 15) is 13.2 Å². The molecule has 1 N–H and O–H groups in total. The molecule has 0 fully saturated rings. The maximum Gasteiger partial charge on any atom is 0.254 e. The van der Waals surface area contributed by atoms with Crippen LogP contribution in [-0.4, -0.2) is 38.0 Å². The zero-order valence-electron chi connectivity index (χ0n) is 14.2. The van der Waals surface area contributed by atoms with Crippen LogP contribution in [-0.2, 0) is 16.6 Å². The van der Waals surface area contributed by atoms with Crippen molar-refractivity contribution < 1.29 is 17.7 Å². The van der Waals surface area contributed by atoms with Gasteiger partial charge in [0.1, 0.15) is 11.5 Å². The third-order valence-corrected chi connectivity index (χ3v) is 5.05. The molecule has 0 atom stereocenters. The van der Waals surface area contributed by atoms with E-state index < -0.39 is 10.0 Å². The Kier molecular flexibility index (Phi) is 5.40. The fourth-order valence-corrected chi connectivity index (χ4v) is 3.35. The lowest BCUT2D eigenvalue weighted by Gasteiger charge is -2.17. The smallest absolute Gasteiger partial charge is 0.254 e. The average molecular weight is 351 g/mol. The van der Waals surface area contributed by atoms with Gasteiger partial charge in [0.15, 0.2) is 0 Å². The Morgan fingerprint density at radius 2 is 2.00 bits per heavy atom. The second-order valence-corrected chi connectivity index (χ2v) is 7.34. The molecule has 24 heavy (non-hydrogen) atoms. The van der Waals surface area contributed by atoms with Crippen LogP contribution in [0.2, 0.25) is 0 Å². The summed E-state index contributed by atoms with van der Waals surface area (Å²) in [6.45, 7) is 5.80. The highest BCUT2D eigenvalue weighted by molar-refractivity contribution is 7.89. The molecule has 0 radical (unpaired) electrons. The second kappa shape index (κ2) is 7.14. The third-order valence-electron chi connectivity index (χ3n) is 3.51. The number of carbonyl (C=O) groups is 1. The monoisotopic (exact) mass is 351 g/mol. The lowest BCUT2D eigenvalue weighted by Crippen LogP contribution is -2.28. The fraction of sp³-hybridized carbons (Fsp3) is 0.375. The molecule has 2 aromatic rings. The number of hydrogen-bond donors (Lipinski definition) is 1. The van der Waals surface area contributed by atoms with Crippen molar-refractivity contribution in [3.05, 3.63) is 46.8 Å². The number of rotatable bonds is 6. The van der Waals surface area contributed by atoms with Crippen molar-refractivity contribution >= 4 is 15.9 Å². The van der Waals surface area contributed by atoms with Gasteiger partial charge in [0.2, 0.25) is 10.0 Å². The SMILES string of the molecule is CCNS(=O)(=O)c1ccc(C)c(C(=O)N(C)Cc2cc(C)on2)c1. The summed E-state index contributed by atoms with van der Waals surface area (Å²) in [7, 11) is -1.98. The largest absolute Gasteiger partial charge is 0.361 e. The Hall–Kier alpha value is -2.19. The normalized spacial score (nSPS) is 11.5. The first-order valence-electron chi connectivity index (χ1n) is 7.52. The van der Waals surface area contributed by atoms with Crippen molar-refractivity contribution in [2.45, 2.75) is 32.2 Å². The van der Waals surface area contributed by atoms with Gasteiger partial charge in [-0.15, -0.1) is 0 Å². The zero-order chi connectivity index (χ0) is 17.9. The fourth-order valence-electron chi connectivity index (χ4n) is 2.28. The van der Waals surface area contributed by atoms with E-state index in [-0.39, 0.29) is 23.9 Å². The van der Waals surface area contributed by atoms with Crippen LogP contribution in [0.3, 0.4) is 0 Å². The quantitative estimate of drug-likeness (QED) is 0.857. The minimum Gasteiger partial charge on any atom is -0.361 e. The van der Waals surface area contributed by atoms with Crippen molar-refractivity contribution in [2.75, 3.05) is 13.6 Å². The van der Waals surface area contributed by atoms with Gasteiger partial charge in [-0.2, -0.15) is 0 Å². The Bertz CT molecular complexity index is 843. The van der Waals surface area contributed by atoms with E-state index in [1.54, 1.807) is 40.0 Å². The number of hydrogen-bond acceptors (Lipinski definition) is 5. The van der Waals surface area contributed by atoms with Crippen LogP contribution in [0.15, 0.2) is 33.7 Å². The highest BCUT2D eigenvalue weighted by atomic mass is 32.2. The van der Waals surface area contributed by atoms with Gasteiger partial charge in [-0.05, 0) is 31.5 Å². The number of nitrogens with one attached hydrogen (secondary N) is 1. The molecule has 0 spiro atoms. The molecule has 0 aliphatic heterocycles. The molecular formula is C16H21N3O4S. The van der Waals surface area contributed by atoms with Crippen molar-refractivity contribution in [2.24, 2.45) is 0 Å². The van der Waals surface area contributed by atoms with Crippen LogP contribution in [0, 0.1) is 13.8 Å². The lowest BCUT2D eigenvalue weighted by atomic mass is 10.1. The molecule has 1 aromatic heterocycles. The van der Waals surface area contributed by atoms with Crippen LogP contribution in [0.25, 0.3) is 0 Å². The molecule has 1 amide bonds. The first-order valence-corrected chi connectivity index (χ1v) is 9.01. The molecule has 2 rings (SSSR count). The Morgan fingerprint density at radius 1 is 1.29 bits per heavy atom. The highest BCUT2D eigenvalue weighted by Gasteiger charge is 2.20. The van der Waals surface area contributed by atoms with E-state index in [0.717, 1.165) is 0 Å². The van der Waals surface area contributed by atoms with Crippen LogP contribution in [0.5, 0.6) is 0 Å². The molecule has 0 saturated heterocycles. The molecule has 0 unspecified atom stereocenters. The molecular weight excluding hydrogens is 330 g/mol. The van der Waals surface area contributed by atoms with Gasteiger partial charge < -0.3 is 9.42 Å². The minimum atomic E-state index is -3.61. The Balaban J connectivity index is 2.28. The number of aromatic nitrogens is 1. The lowest BCUT2D eigenvalue weighted by molar-refractivity contribution is 0.0781. The van der Waals surface area contributed by atoms with Crippen molar-refractivity contribution in [1.82, 2.24) is 14.8 Å². The van der Waals surface area contributed by atoms with E-state index >= 15 is 0 Å². The van der Waals surface area contributed by atoms with E-state index in [4.69, 9.17) is 4.52 Å². The van der Waals surface area contributed by atoms with Gasteiger partial charge in [0.25, 0.3) is 5.91 Å². The van der Waals surface area contributed by atoms with Crippen molar-refractivity contribution in [3.63, 3.8) is 0 Å². The standard InChI is InChI=1S/C16H21N3O4S/c1-5-17-24(21,22)14-7-6-11(2)15(9-14)16(20)19(4)10-13-8-12(3)23-18-13/h6-9,17H,5,10H2,1-4H3. The summed E-state index contributed by atoms with van der Waals surface area (Å²) in [5, 5.41) is 3.86. The van der Waals surface area contributed by atoms with Gasteiger partial charge >= 0.3 is 0 Å². The summed E-state index contributed by atoms with van der Waals surface area (Å²) in [4.78, 5) is 14.2. The van der Waals surface area contributed by atoms with Crippen LogP contribution < -0.4 is 4.72 Å². The maximum atomic E-state index is 12.7. The molecule has 8 heteroatoms. The number of nitrogens with zero attached hydrogens (tertiary/aromatic N) is 2.